The van der Waals surface area contributed by atoms with Crippen molar-refractivity contribution in [2.24, 2.45) is 28.5 Å². The van der Waals surface area contributed by atoms with Crippen LogP contribution in [0.3, 0.4) is 0 Å². The van der Waals surface area contributed by atoms with Gasteiger partial charge in [0.1, 0.15) is 12.2 Å². The molecule has 0 bridgehead atoms. The number of aliphatic hydroxyl groups is 4. The molecule has 284 valence electrons. The summed E-state index contributed by atoms with van der Waals surface area (Å²) in [5, 5.41) is 53.9. The fourth-order valence-corrected chi connectivity index (χ4v) is 8.46. The molecule has 2 aliphatic carbocycles. The highest BCUT2D eigenvalue weighted by Crippen LogP contribution is 2.47. The molecule has 1 aromatic rings. The third kappa shape index (κ3) is 11.5. The fourth-order valence-electron chi connectivity index (χ4n) is 8.46. The number of aliphatic imine (C=N–C) groups is 1. The Hall–Kier alpha value is -2.57. The van der Waals surface area contributed by atoms with E-state index in [4.69, 9.17) is 25.3 Å². The molecule has 0 amide bonds. The standard InChI is InChI=1S/C41H63N3O7/c1-27(47)23-43-24-35-33-11-6-8-29(33)15-17-36-34(35)22-37(44-36)39(49)26-50-41-20-28(14-18-38(41)48)13-16-32-21-30(25-46)40(51-32)12-5-3-2-4-9-31(42)10-7-19-45/h14,18,20-22,27,29,31,33,35,39-40,43,45-49H,2-13,15-17,19,23-26,42H2,1H3/t27-,29+,31-,33-,35-,39-,40?/m0/s1. The lowest BCUT2D eigenvalue weighted by molar-refractivity contribution is 0.102. The Morgan fingerprint density at radius 2 is 1.92 bits per heavy atom. The van der Waals surface area contributed by atoms with Crippen LogP contribution < -0.4 is 15.8 Å². The first kappa shape index (κ1) is 39.6. The van der Waals surface area contributed by atoms with Crippen molar-refractivity contribution < 1.29 is 35.0 Å². The van der Waals surface area contributed by atoms with Gasteiger partial charge in [-0.25, -0.2) is 0 Å². The van der Waals surface area contributed by atoms with E-state index in [0.29, 0.717) is 48.9 Å². The van der Waals surface area contributed by atoms with Crippen LogP contribution in [0.4, 0.5) is 0 Å². The van der Waals surface area contributed by atoms with Gasteiger partial charge in [0.15, 0.2) is 29.4 Å². The molecule has 51 heavy (non-hydrogen) atoms. The molecule has 10 nitrogen and oxygen atoms in total. The van der Waals surface area contributed by atoms with E-state index in [1.54, 1.807) is 13.0 Å². The first-order valence-electron chi connectivity index (χ1n) is 19.6. The summed E-state index contributed by atoms with van der Waals surface area (Å²) < 4.78 is 12.2. The predicted octanol–water partition coefficient (Wildman–Crippen LogP) is 5.06. The molecule has 0 saturated heterocycles. The highest BCUT2D eigenvalue weighted by atomic mass is 16.5. The van der Waals surface area contributed by atoms with Crippen LogP contribution in [0.1, 0.15) is 102 Å². The molecule has 10 heteroatoms. The van der Waals surface area contributed by atoms with Gasteiger partial charge in [0, 0.05) is 44.9 Å². The minimum absolute atomic E-state index is 0.0176. The van der Waals surface area contributed by atoms with Crippen molar-refractivity contribution in [1.82, 2.24) is 5.32 Å². The number of nitrogens with zero attached hydrogens (tertiary/aromatic N) is 1. The van der Waals surface area contributed by atoms with Gasteiger partial charge in [0.2, 0.25) is 0 Å². The monoisotopic (exact) mass is 709 g/mol. The smallest absolute Gasteiger partial charge is 0.189 e. The fraction of sp³-hybridized carbons (Fsp3) is 0.683. The number of hydrogen-bond donors (Lipinski definition) is 7. The van der Waals surface area contributed by atoms with Crippen molar-refractivity contribution >= 4 is 5.71 Å². The largest absolute Gasteiger partial charge is 0.504 e. The van der Waals surface area contributed by atoms with Gasteiger partial charge < -0.3 is 46.1 Å². The summed E-state index contributed by atoms with van der Waals surface area (Å²) in [6, 6.07) is 6.10. The number of phenolic OH excluding ortho intramolecular Hbond substituents is 1. The molecule has 4 aliphatic rings. The number of unbranched alkanes of at least 4 members (excludes halogenated alkanes) is 3. The summed E-state index contributed by atoms with van der Waals surface area (Å²) in [7, 11) is 0. The number of hydrogen-bond acceptors (Lipinski definition) is 10. The van der Waals surface area contributed by atoms with E-state index in [-0.39, 0.29) is 37.7 Å². The highest BCUT2D eigenvalue weighted by molar-refractivity contribution is 6.04. The number of fused-ring (bicyclic) bond motifs is 2. The zero-order valence-corrected chi connectivity index (χ0v) is 30.6. The molecule has 2 saturated carbocycles. The van der Waals surface area contributed by atoms with E-state index in [9.17, 15) is 20.4 Å². The number of rotatable bonds is 22. The van der Waals surface area contributed by atoms with Crippen LogP contribution in [0, 0.1) is 29.9 Å². The van der Waals surface area contributed by atoms with Crippen molar-refractivity contribution in [3.63, 3.8) is 0 Å². The molecule has 2 fully saturated rings. The third-order valence-electron chi connectivity index (χ3n) is 11.3. The van der Waals surface area contributed by atoms with E-state index in [0.717, 1.165) is 93.7 Å². The quantitative estimate of drug-likeness (QED) is 0.0642. The second kappa shape index (κ2) is 20.0. The molecule has 8 N–H and O–H groups in total. The van der Waals surface area contributed by atoms with Gasteiger partial charge in [-0.2, -0.15) is 11.6 Å². The summed E-state index contributed by atoms with van der Waals surface area (Å²) in [5.41, 5.74) is 10.3. The first-order chi connectivity index (χ1) is 24.7. The molecule has 1 aromatic carbocycles. The number of aryl methyl sites for hydroxylation is 1. The Morgan fingerprint density at radius 1 is 1.10 bits per heavy atom. The molecule has 5 rings (SSSR count). The summed E-state index contributed by atoms with van der Waals surface area (Å²) in [6.45, 7) is 3.31. The summed E-state index contributed by atoms with van der Waals surface area (Å²) in [6.07, 6.45) is 18.4. The molecule has 2 heterocycles. The zero-order valence-electron chi connectivity index (χ0n) is 30.6. The number of aromatic hydroxyl groups is 1. The normalized spacial score (nSPS) is 24.8. The maximum absolute atomic E-state index is 11.2. The van der Waals surface area contributed by atoms with Crippen molar-refractivity contribution in [3.8, 4) is 11.5 Å². The molecule has 2 aliphatic heterocycles. The van der Waals surface area contributed by atoms with E-state index in [1.165, 1.54) is 24.8 Å². The van der Waals surface area contributed by atoms with Crippen LogP contribution in [0.25, 0.3) is 0 Å². The van der Waals surface area contributed by atoms with E-state index >= 15 is 0 Å². The Bertz CT molecular complexity index is 1320. The van der Waals surface area contributed by atoms with E-state index in [1.807, 2.05) is 18.2 Å². The van der Waals surface area contributed by atoms with Crippen LogP contribution >= 0.6 is 0 Å². The number of benzene rings is 1. The zero-order chi connectivity index (χ0) is 36.2. The number of nitrogens with two attached hydrogens (primary N) is 1. The van der Waals surface area contributed by atoms with Gasteiger partial charge in [-0.05, 0) is 81.4 Å². The van der Waals surface area contributed by atoms with Crippen LogP contribution in [-0.4, -0.2) is 88.5 Å². The number of phenols is 1. The number of ether oxygens (including phenoxy) is 2. The topological polar surface area (TPSA) is 170 Å². The van der Waals surface area contributed by atoms with Crippen molar-refractivity contribution in [1.29, 1.82) is 0 Å². The minimum Gasteiger partial charge on any atom is -0.504 e. The van der Waals surface area contributed by atoms with Crippen LogP contribution in [-0.2, 0) is 11.2 Å². The van der Waals surface area contributed by atoms with Gasteiger partial charge in [-0.15, -0.1) is 4.99 Å². The van der Waals surface area contributed by atoms with Gasteiger partial charge in [-0.1, -0.05) is 57.1 Å². The average molecular weight is 710 g/mol. The van der Waals surface area contributed by atoms with Gasteiger partial charge in [0.25, 0.3) is 0 Å². The van der Waals surface area contributed by atoms with E-state index in [2.05, 4.69) is 11.4 Å². The summed E-state index contributed by atoms with van der Waals surface area (Å²) in [4.78, 5) is 4.90. The first-order valence-corrected chi connectivity index (χ1v) is 19.6. The Balaban J connectivity index is 1.08. The summed E-state index contributed by atoms with van der Waals surface area (Å²) >= 11 is 0. The average Bonchev–Trinajstić information content (AvgIpc) is 3.85. The van der Waals surface area contributed by atoms with Gasteiger partial charge in [0.05, 0.1) is 18.1 Å². The molecular weight excluding hydrogens is 646 g/mol. The van der Waals surface area contributed by atoms with Crippen molar-refractivity contribution in [2.45, 2.75) is 128 Å². The molecule has 0 spiro atoms. The molecule has 0 radical (unpaired) electrons. The Morgan fingerprint density at radius 3 is 2.73 bits per heavy atom. The molecular formula is C41H63N3O7. The van der Waals surface area contributed by atoms with Crippen molar-refractivity contribution in [3.05, 3.63) is 59.2 Å². The second-order valence-electron chi connectivity index (χ2n) is 15.3. The lowest BCUT2D eigenvalue weighted by Crippen LogP contribution is -2.34. The maximum Gasteiger partial charge on any atom is 0.189 e. The van der Waals surface area contributed by atoms with Crippen molar-refractivity contribution in [2.75, 3.05) is 32.9 Å². The molecule has 0 aromatic heterocycles. The Kier molecular flexibility index (Phi) is 15.6. The minimum atomic E-state index is -0.929. The number of nitrogens with one attached hydrogen (secondary N) is 1. The van der Waals surface area contributed by atoms with Crippen LogP contribution in [0.5, 0.6) is 11.5 Å². The lowest BCUT2D eigenvalue weighted by atomic mass is 9.80. The second-order valence-corrected chi connectivity index (χ2v) is 15.3. The lowest BCUT2D eigenvalue weighted by Gasteiger charge is -2.24. The maximum atomic E-state index is 11.2. The number of aliphatic hydroxyl groups excluding tert-OH is 4. The summed E-state index contributed by atoms with van der Waals surface area (Å²) in [5.74, 6) is 1.96. The van der Waals surface area contributed by atoms with Gasteiger partial charge >= 0.3 is 0 Å². The third-order valence-corrected chi connectivity index (χ3v) is 11.3. The highest BCUT2D eigenvalue weighted by Gasteiger charge is 2.47. The molecule has 1 unspecified atom stereocenters. The van der Waals surface area contributed by atoms with Gasteiger partial charge in [-0.3, -0.25) is 0 Å². The van der Waals surface area contributed by atoms with Crippen LogP contribution in [0.2, 0.25) is 0 Å². The SMILES string of the molecule is C[C@H](O)CNC[C@@H]1C2=C[C+]([C@@H](O)COc3cc(CC[C-]4C=C(CO)C(CCCCCC[C@H](N)CCCO)O4)ccc3O)N=C2CC[C@H]2CCC[C@@H]21. The Labute approximate surface area is 305 Å². The van der Waals surface area contributed by atoms with E-state index < -0.39 is 12.2 Å². The molecule has 7 atom stereocenters. The van der Waals surface area contributed by atoms with Crippen LogP contribution in [0.15, 0.2) is 46.5 Å². The predicted molar refractivity (Wildman–Crippen MR) is 200 cm³/mol.